The summed E-state index contributed by atoms with van der Waals surface area (Å²) in [6.07, 6.45) is 3.97. The average molecular weight is 330 g/mol. The maximum Gasteiger partial charge on any atom is 0.276 e. The van der Waals surface area contributed by atoms with Crippen molar-refractivity contribution in [2.24, 2.45) is 5.73 Å². The second kappa shape index (κ2) is 5.47. The number of nitrogens with two attached hydrogens (primary N) is 1. The number of nitrogens with one attached hydrogen (secondary N) is 1. The minimum Gasteiger partial charge on any atom is -0.332 e. The van der Waals surface area contributed by atoms with E-state index in [-0.39, 0.29) is 0 Å². The molecule has 7 heteroatoms. The molecule has 0 saturated heterocycles. The van der Waals surface area contributed by atoms with Crippen molar-refractivity contribution >= 4 is 11.6 Å². The molecule has 118 valence electrons. The Kier molecular flexibility index (Phi) is 3.43. The van der Waals surface area contributed by atoms with Crippen LogP contribution in [0.15, 0.2) is 34.9 Å². The van der Waals surface area contributed by atoms with Crippen LogP contribution in [0, 0.1) is 0 Å². The number of halogens is 1. The minimum absolute atomic E-state index is 0.391. The molecule has 1 aliphatic carbocycles. The summed E-state index contributed by atoms with van der Waals surface area (Å²) < 4.78 is 5.36. The average Bonchev–Trinajstić information content (AvgIpc) is 3.27. The molecular weight excluding hydrogens is 314 g/mol. The van der Waals surface area contributed by atoms with E-state index in [1.165, 1.54) is 0 Å². The summed E-state index contributed by atoms with van der Waals surface area (Å²) in [5, 5.41) is 11.9. The molecule has 6 nitrogen and oxygen atoms in total. The van der Waals surface area contributed by atoms with Gasteiger partial charge in [0.1, 0.15) is 5.69 Å². The lowest BCUT2D eigenvalue weighted by molar-refractivity contribution is 0.372. The standard InChI is InChI=1S/C16H16ClN5O/c17-11-6-2-1-5-10(11)12-9-13(21-20-12)14-19-15(22-23-14)16(18)7-3-4-8-16/h1-2,5-6,9H,3-4,7-8,18H2,(H,20,21). The molecule has 0 radical (unpaired) electrons. The fraction of sp³-hybridized carbons (Fsp3) is 0.312. The maximum atomic E-state index is 6.36. The van der Waals surface area contributed by atoms with Crippen LogP contribution in [0.1, 0.15) is 31.5 Å². The molecule has 1 aromatic carbocycles. The molecule has 0 atom stereocenters. The first-order chi connectivity index (χ1) is 11.2. The highest BCUT2D eigenvalue weighted by molar-refractivity contribution is 6.33. The molecule has 0 amide bonds. The van der Waals surface area contributed by atoms with Crippen LogP contribution < -0.4 is 5.73 Å². The monoisotopic (exact) mass is 329 g/mol. The normalized spacial score (nSPS) is 16.8. The molecule has 1 aliphatic rings. The fourth-order valence-electron chi connectivity index (χ4n) is 3.00. The molecule has 0 unspecified atom stereocenters. The van der Waals surface area contributed by atoms with E-state index in [1.807, 2.05) is 30.3 Å². The predicted molar refractivity (Wildman–Crippen MR) is 86.7 cm³/mol. The largest absolute Gasteiger partial charge is 0.332 e. The van der Waals surface area contributed by atoms with Crippen LogP contribution in [-0.2, 0) is 5.54 Å². The van der Waals surface area contributed by atoms with Crippen molar-refractivity contribution in [3.05, 3.63) is 41.2 Å². The Hall–Kier alpha value is -2.18. The Labute approximate surface area is 138 Å². The van der Waals surface area contributed by atoms with Crippen molar-refractivity contribution in [3.8, 4) is 22.8 Å². The molecule has 1 saturated carbocycles. The molecule has 3 aromatic rings. The lowest BCUT2D eigenvalue weighted by Gasteiger charge is -2.17. The first kappa shape index (κ1) is 14.4. The number of rotatable bonds is 3. The van der Waals surface area contributed by atoms with Crippen LogP contribution in [0.2, 0.25) is 5.02 Å². The number of benzene rings is 1. The van der Waals surface area contributed by atoms with Gasteiger partial charge in [0.2, 0.25) is 0 Å². The maximum absolute atomic E-state index is 6.36. The van der Waals surface area contributed by atoms with E-state index < -0.39 is 5.54 Å². The molecule has 23 heavy (non-hydrogen) atoms. The van der Waals surface area contributed by atoms with Gasteiger partial charge in [-0.05, 0) is 25.0 Å². The van der Waals surface area contributed by atoms with Gasteiger partial charge in [0, 0.05) is 5.56 Å². The van der Waals surface area contributed by atoms with Crippen LogP contribution in [-0.4, -0.2) is 20.3 Å². The van der Waals surface area contributed by atoms with E-state index in [0.29, 0.717) is 22.4 Å². The summed E-state index contributed by atoms with van der Waals surface area (Å²) in [5.74, 6) is 0.960. The Balaban J connectivity index is 1.65. The summed E-state index contributed by atoms with van der Waals surface area (Å²) in [6.45, 7) is 0. The van der Waals surface area contributed by atoms with E-state index in [9.17, 15) is 0 Å². The first-order valence-electron chi connectivity index (χ1n) is 7.59. The molecule has 2 heterocycles. The third kappa shape index (κ3) is 2.54. The van der Waals surface area contributed by atoms with Crippen LogP contribution >= 0.6 is 11.6 Å². The van der Waals surface area contributed by atoms with Gasteiger partial charge in [-0.1, -0.05) is 47.8 Å². The quantitative estimate of drug-likeness (QED) is 0.767. The zero-order valence-electron chi connectivity index (χ0n) is 12.4. The SMILES string of the molecule is NC1(c2noc(-c3cc(-c4ccccc4Cl)n[nH]3)n2)CCCC1. The summed E-state index contributed by atoms with van der Waals surface area (Å²) >= 11 is 6.20. The predicted octanol–water partition coefficient (Wildman–Crippen LogP) is 3.51. The molecule has 0 spiro atoms. The van der Waals surface area contributed by atoms with Gasteiger partial charge in [0.05, 0.1) is 16.3 Å². The van der Waals surface area contributed by atoms with Gasteiger partial charge in [-0.3, -0.25) is 5.10 Å². The minimum atomic E-state index is -0.465. The lowest BCUT2D eigenvalue weighted by Crippen LogP contribution is -2.34. The second-order valence-corrected chi connectivity index (χ2v) is 6.34. The molecule has 2 aromatic heterocycles. The number of H-pyrrole nitrogens is 1. The Morgan fingerprint density at radius 1 is 1.22 bits per heavy atom. The van der Waals surface area contributed by atoms with E-state index in [2.05, 4.69) is 20.3 Å². The highest BCUT2D eigenvalue weighted by Gasteiger charge is 2.36. The van der Waals surface area contributed by atoms with E-state index >= 15 is 0 Å². The Bertz CT molecular complexity index is 834. The smallest absolute Gasteiger partial charge is 0.276 e. The summed E-state index contributed by atoms with van der Waals surface area (Å²) in [5.41, 5.74) is 8.13. The van der Waals surface area contributed by atoms with Gasteiger partial charge >= 0.3 is 0 Å². The van der Waals surface area contributed by atoms with Gasteiger partial charge < -0.3 is 10.3 Å². The number of aromatic amines is 1. The van der Waals surface area contributed by atoms with Crippen molar-refractivity contribution in [3.63, 3.8) is 0 Å². The van der Waals surface area contributed by atoms with E-state index in [1.54, 1.807) is 0 Å². The van der Waals surface area contributed by atoms with Gasteiger partial charge in [-0.2, -0.15) is 10.1 Å². The highest BCUT2D eigenvalue weighted by atomic mass is 35.5. The summed E-state index contributed by atoms with van der Waals surface area (Å²) in [6, 6.07) is 9.38. The van der Waals surface area contributed by atoms with Crippen molar-refractivity contribution in [2.45, 2.75) is 31.2 Å². The Morgan fingerprint density at radius 2 is 2.00 bits per heavy atom. The molecule has 0 aliphatic heterocycles. The van der Waals surface area contributed by atoms with Gasteiger partial charge in [0.15, 0.2) is 5.82 Å². The zero-order valence-corrected chi connectivity index (χ0v) is 13.2. The molecular formula is C16H16ClN5O. The number of hydrogen-bond donors (Lipinski definition) is 2. The highest BCUT2D eigenvalue weighted by Crippen LogP contribution is 2.35. The topological polar surface area (TPSA) is 93.6 Å². The number of aromatic nitrogens is 4. The number of nitrogens with zero attached hydrogens (tertiary/aromatic N) is 3. The van der Waals surface area contributed by atoms with Crippen molar-refractivity contribution in [2.75, 3.05) is 0 Å². The van der Waals surface area contributed by atoms with E-state index in [4.69, 9.17) is 21.9 Å². The van der Waals surface area contributed by atoms with Crippen molar-refractivity contribution < 1.29 is 4.52 Å². The van der Waals surface area contributed by atoms with Gasteiger partial charge in [-0.25, -0.2) is 0 Å². The van der Waals surface area contributed by atoms with Crippen LogP contribution in [0.25, 0.3) is 22.8 Å². The van der Waals surface area contributed by atoms with Crippen LogP contribution in [0.5, 0.6) is 0 Å². The third-order valence-corrected chi connectivity index (χ3v) is 4.65. The first-order valence-corrected chi connectivity index (χ1v) is 7.97. The fourth-order valence-corrected chi connectivity index (χ4v) is 3.24. The third-order valence-electron chi connectivity index (χ3n) is 4.33. The molecule has 3 N–H and O–H groups in total. The summed E-state index contributed by atoms with van der Waals surface area (Å²) in [4.78, 5) is 4.46. The summed E-state index contributed by atoms with van der Waals surface area (Å²) in [7, 11) is 0. The molecule has 0 bridgehead atoms. The van der Waals surface area contributed by atoms with Crippen molar-refractivity contribution in [1.82, 2.24) is 20.3 Å². The van der Waals surface area contributed by atoms with Crippen molar-refractivity contribution in [1.29, 1.82) is 0 Å². The molecule has 4 rings (SSSR count). The van der Waals surface area contributed by atoms with Crippen LogP contribution in [0.4, 0.5) is 0 Å². The zero-order chi connectivity index (χ0) is 15.9. The Morgan fingerprint density at radius 3 is 2.78 bits per heavy atom. The molecule has 1 fully saturated rings. The second-order valence-electron chi connectivity index (χ2n) is 5.93. The van der Waals surface area contributed by atoms with E-state index in [0.717, 1.165) is 36.9 Å². The van der Waals surface area contributed by atoms with Gasteiger partial charge in [0.25, 0.3) is 5.89 Å². The van der Waals surface area contributed by atoms with Gasteiger partial charge in [-0.15, -0.1) is 0 Å². The lowest BCUT2D eigenvalue weighted by atomic mass is 9.99. The van der Waals surface area contributed by atoms with Crippen LogP contribution in [0.3, 0.4) is 0 Å². The number of hydrogen-bond acceptors (Lipinski definition) is 5.